The van der Waals surface area contributed by atoms with Crippen LogP contribution >= 0.6 is 0 Å². The Morgan fingerprint density at radius 1 is 0.889 bits per heavy atom. The van der Waals surface area contributed by atoms with E-state index in [-0.39, 0.29) is 18.0 Å². The zero-order chi connectivity index (χ0) is 14.1. The van der Waals surface area contributed by atoms with Crippen LogP contribution in [0.15, 0.2) is 0 Å². The molecule has 0 aromatic carbocycles. The highest BCUT2D eigenvalue weighted by Gasteiger charge is 2.46. The van der Waals surface area contributed by atoms with E-state index in [1.165, 1.54) is 0 Å². The van der Waals surface area contributed by atoms with E-state index in [0.29, 0.717) is 6.92 Å². The Labute approximate surface area is 99.3 Å². The van der Waals surface area contributed by atoms with Gasteiger partial charge in [-0.1, -0.05) is 0 Å². The molecule has 1 saturated heterocycles. The van der Waals surface area contributed by atoms with Crippen LogP contribution in [0.1, 0.15) is 6.92 Å². The first-order chi connectivity index (χ1) is 8.03. The molecular weight excluding hydrogens is 269 g/mol. The molecule has 2 atom stereocenters. The summed E-state index contributed by atoms with van der Waals surface area (Å²) in [6, 6.07) is 0. The minimum Gasteiger partial charge on any atom is -0.271 e. The molecule has 2 nitrogen and oxygen atoms in total. The number of hydrogen-bond donors (Lipinski definition) is 0. The van der Waals surface area contributed by atoms with Crippen molar-refractivity contribution >= 4 is 0 Å². The molecule has 0 bridgehead atoms. The summed E-state index contributed by atoms with van der Waals surface area (Å²) in [6.07, 6.45) is -11.5. The SMILES string of the molecule is CC(C(F)N1CCN(C(F)(F)F)CC1)C(F)(F)F. The van der Waals surface area contributed by atoms with Crippen molar-refractivity contribution < 1.29 is 30.7 Å². The van der Waals surface area contributed by atoms with Crippen molar-refractivity contribution in [2.45, 2.75) is 25.7 Å². The third-order valence-electron chi connectivity index (χ3n) is 2.95. The van der Waals surface area contributed by atoms with E-state index in [1.807, 2.05) is 0 Å². The Hall–Kier alpha value is -0.570. The minimum atomic E-state index is -4.69. The van der Waals surface area contributed by atoms with Crippen molar-refractivity contribution in [3.63, 3.8) is 0 Å². The average Bonchev–Trinajstić information content (AvgIpc) is 2.25. The molecule has 0 N–H and O–H groups in total. The Morgan fingerprint density at radius 3 is 1.67 bits per heavy atom. The summed E-state index contributed by atoms with van der Waals surface area (Å²) >= 11 is 0. The van der Waals surface area contributed by atoms with Crippen LogP contribution in [0.3, 0.4) is 0 Å². The fraction of sp³-hybridized carbons (Fsp3) is 1.00. The molecule has 0 aromatic rings. The van der Waals surface area contributed by atoms with Crippen LogP contribution in [0.25, 0.3) is 0 Å². The normalized spacial score (nSPS) is 24.0. The Kier molecular flexibility index (Phi) is 4.47. The lowest BCUT2D eigenvalue weighted by atomic mass is 10.1. The highest BCUT2D eigenvalue weighted by molar-refractivity contribution is 4.79. The summed E-state index contributed by atoms with van der Waals surface area (Å²) < 4.78 is 87.1. The quantitative estimate of drug-likeness (QED) is 0.567. The lowest BCUT2D eigenvalue weighted by molar-refractivity contribution is -0.259. The Bertz CT molecular complexity index is 267. The fourth-order valence-corrected chi connectivity index (χ4v) is 1.69. The van der Waals surface area contributed by atoms with Crippen molar-refractivity contribution in [1.29, 1.82) is 0 Å². The van der Waals surface area contributed by atoms with E-state index in [9.17, 15) is 30.7 Å². The monoisotopic (exact) mass is 282 g/mol. The predicted octanol–water partition coefficient (Wildman–Crippen LogP) is 2.62. The van der Waals surface area contributed by atoms with Crippen molar-refractivity contribution in [2.24, 2.45) is 5.92 Å². The second-order valence-corrected chi connectivity index (χ2v) is 4.19. The molecule has 1 aliphatic rings. The molecule has 18 heavy (non-hydrogen) atoms. The van der Waals surface area contributed by atoms with Gasteiger partial charge in [0.2, 0.25) is 0 Å². The largest absolute Gasteiger partial charge is 0.460 e. The molecule has 9 heteroatoms. The molecular formula is C9H13F7N2. The van der Waals surface area contributed by atoms with Gasteiger partial charge in [0.25, 0.3) is 0 Å². The van der Waals surface area contributed by atoms with Gasteiger partial charge in [-0.25, -0.2) is 9.29 Å². The van der Waals surface area contributed by atoms with Gasteiger partial charge in [-0.2, -0.15) is 26.3 Å². The molecule has 1 aliphatic heterocycles. The van der Waals surface area contributed by atoms with Gasteiger partial charge < -0.3 is 0 Å². The molecule has 1 rings (SSSR count). The average molecular weight is 282 g/mol. The van der Waals surface area contributed by atoms with Crippen LogP contribution < -0.4 is 0 Å². The van der Waals surface area contributed by atoms with E-state index in [1.54, 1.807) is 0 Å². The zero-order valence-corrected chi connectivity index (χ0v) is 9.52. The van der Waals surface area contributed by atoms with Crippen molar-refractivity contribution in [2.75, 3.05) is 26.2 Å². The Balaban J connectivity index is 2.53. The number of alkyl halides is 7. The van der Waals surface area contributed by atoms with Gasteiger partial charge in [0, 0.05) is 26.2 Å². The molecule has 0 amide bonds. The van der Waals surface area contributed by atoms with Gasteiger partial charge in [0.1, 0.15) is 0 Å². The summed E-state index contributed by atoms with van der Waals surface area (Å²) in [5.41, 5.74) is 0. The first-order valence-electron chi connectivity index (χ1n) is 5.30. The van der Waals surface area contributed by atoms with Crippen LogP contribution in [0.2, 0.25) is 0 Å². The van der Waals surface area contributed by atoms with Gasteiger partial charge in [0.05, 0.1) is 5.92 Å². The molecule has 1 heterocycles. The van der Waals surface area contributed by atoms with Crippen molar-refractivity contribution in [3.8, 4) is 0 Å². The molecule has 0 saturated carbocycles. The first-order valence-corrected chi connectivity index (χ1v) is 5.30. The van der Waals surface area contributed by atoms with Crippen molar-refractivity contribution in [1.82, 2.24) is 9.80 Å². The summed E-state index contributed by atoms with van der Waals surface area (Å²) in [5.74, 6) is -2.21. The summed E-state index contributed by atoms with van der Waals surface area (Å²) in [6.45, 7) is -1.11. The third kappa shape index (κ3) is 3.71. The number of hydrogen-bond acceptors (Lipinski definition) is 2. The molecule has 0 aromatic heterocycles. The smallest absolute Gasteiger partial charge is 0.271 e. The fourth-order valence-electron chi connectivity index (χ4n) is 1.69. The highest BCUT2D eigenvalue weighted by Crippen LogP contribution is 2.32. The number of rotatable bonds is 2. The highest BCUT2D eigenvalue weighted by atomic mass is 19.4. The van der Waals surface area contributed by atoms with Gasteiger partial charge in [0.15, 0.2) is 6.30 Å². The van der Waals surface area contributed by atoms with Gasteiger partial charge in [-0.05, 0) is 6.92 Å². The molecule has 108 valence electrons. The predicted molar refractivity (Wildman–Crippen MR) is 49.3 cm³/mol. The molecule has 0 spiro atoms. The number of nitrogens with zero attached hydrogens (tertiary/aromatic N) is 2. The van der Waals surface area contributed by atoms with Gasteiger partial charge in [-0.15, -0.1) is 0 Å². The minimum absolute atomic E-state index is 0.161. The summed E-state index contributed by atoms with van der Waals surface area (Å²) in [4.78, 5) is 0.953. The van der Waals surface area contributed by atoms with Crippen LogP contribution in [-0.4, -0.2) is 54.8 Å². The number of halogens is 7. The zero-order valence-electron chi connectivity index (χ0n) is 9.52. The second-order valence-electron chi connectivity index (χ2n) is 4.19. The van der Waals surface area contributed by atoms with E-state index in [0.717, 1.165) is 4.90 Å². The standard InChI is InChI=1S/C9H13F7N2/c1-6(8(11,12)13)7(10)17-2-4-18(5-3-17)9(14,15)16/h6-7H,2-5H2,1H3. The lowest BCUT2D eigenvalue weighted by Gasteiger charge is -2.38. The maximum Gasteiger partial charge on any atom is 0.460 e. The number of piperazine rings is 1. The molecule has 0 aliphatic carbocycles. The van der Waals surface area contributed by atoms with Crippen LogP contribution in [0.4, 0.5) is 30.7 Å². The second kappa shape index (κ2) is 5.20. The van der Waals surface area contributed by atoms with Gasteiger partial charge >= 0.3 is 12.5 Å². The van der Waals surface area contributed by atoms with Gasteiger partial charge in [-0.3, -0.25) is 4.90 Å². The maximum absolute atomic E-state index is 13.5. The molecule has 1 fully saturated rings. The first kappa shape index (κ1) is 15.5. The van der Waals surface area contributed by atoms with E-state index in [4.69, 9.17) is 0 Å². The topological polar surface area (TPSA) is 6.48 Å². The van der Waals surface area contributed by atoms with Crippen LogP contribution in [0, 0.1) is 5.92 Å². The van der Waals surface area contributed by atoms with Crippen LogP contribution in [-0.2, 0) is 0 Å². The molecule has 0 radical (unpaired) electrons. The molecule has 2 unspecified atom stereocenters. The third-order valence-corrected chi connectivity index (χ3v) is 2.95. The van der Waals surface area contributed by atoms with E-state index >= 15 is 0 Å². The Morgan fingerprint density at radius 2 is 1.33 bits per heavy atom. The van der Waals surface area contributed by atoms with Crippen molar-refractivity contribution in [3.05, 3.63) is 0 Å². The van der Waals surface area contributed by atoms with E-state index < -0.39 is 37.8 Å². The van der Waals surface area contributed by atoms with E-state index in [2.05, 4.69) is 0 Å². The summed E-state index contributed by atoms with van der Waals surface area (Å²) in [5, 5.41) is 0. The lowest BCUT2D eigenvalue weighted by Crippen LogP contribution is -2.55. The van der Waals surface area contributed by atoms with Crippen LogP contribution in [0.5, 0.6) is 0 Å². The summed E-state index contributed by atoms with van der Waals surface area (Å²) in [7, 11) is 0. The maximum atomic E-state index is 13.5.